The minimum Gasteiger partial charge on any atom is -0.472 e. The Morgan fingerprint density at radius 2 is 2.15 bits per heavy atom. The smallest absolute Gasteiger partial charge is 0.318 e. The summed E-state index contributed by atoms with van der Waals surface area (Å²) in [5, 5.41) is 2.78. The molecule has 1 N–H and O–H groups in total. The third kappa shape index (κ3) is 3.47. The third-order valence-corrected chi connectivity index (χ3v) is 4.74. The highest BCUT2D eigenvalue weighted by atomic mass is 16.3. The lowest BCUT2D eigenvalue weighted by Gasteiger charge is -2.38. The predicted octanol–water partition coefficient (Wildman–Crippen LogP) is 2.45. The van der Waals surface area contributed by atoms with Crippen molar-refractivity contribution in [2.24, 2.45) is 0 Å². The summed E-state index contributed by atoms with van der Waals surface area (Å²) in [7, 11) is 0. The lowest BCUT2D eigenvalue weighted by molar-refractivity contribution is -0.134. The molecular formula is C19H26N4O3. The van der Waals surface area contributed by atoms with Gasteiger partial charge in [-0.3, -0.25) is 4.79 Å². The number of aromatic nitrogens is 1. The monoisotopic (exact) mass is 358 g/mol. The Bertz CT molecular complexity index is 751. The minimum absolute atomic E-state index is 0.0541. The summed E-state index contributed by atoms with van der Waals surface area (Å²) in [6.07, 6.45) is 5.33. The molecule has 3 rings (SSSR count). The molecule has 0 bridgehead atoms. The number of carbonyl (C=O) groups excluding carboxylic acids is 2. The van der Waals surface area contributed by atoms with Crippen molar-refractivity contribution < 1.29 is 14.0 Å². The largest absolute Gasteiger partial charge is 0.472 e. The van der Waals surface area contributed by atoms with Gasteiger partial charge in [0.05, 0.1) is 12.5 Å². The van der Waals surface area contributed by atoms with Gasteiger partial charge in [-0.1, -0.05) is 0 Å². The van der Waals surface area contributed by atoms with E-state index < -0.39 is 0 Å². The van der Waals surface area contributed by atoms with Gasteiger partial charge in [0, 0.05) is 43.1 Å². The topological polar surface area (TPSA) is 70.7 Å². The van der Waals surface area contributed by atoms with Crippen LogP contribution in [-0.2, 0) is 11.3 Å². The maximum absolute atomic E-state index is 13.1. The average molecular weight is 358 g/mol. The molecule has 3 amide bonds. The second-order valence-corrected chi connectivity index (χ2v) is 6.73. The Balaban J connectivity index is 1.84. The molecule has 7 nitrogen and oxygen atoms in total. The van der Waals surface area contributed by atoms with E-state index in [-0.39, 0.29) is 30.6 Å². The number of carbonyl (C=O) groups is 2. The number of amides is 3. The second kappa shape index (κ2) is 7.68. The van der Waals surface area contributed by atoms with Gasteiger partial charge in [-0.2, -0.15) is 0 Å². The average Bonchev–Trinajstić information content (AvgIpc) is 3.29. The first-order chi connectivity index (χ1) is 12.5. The van der Waals surface area contributed by atoms with Crippen molar-refractivity contribution in [2.45, 2.75) is 39.4 Å². The summed E-state index contributed by atoms with van der Waals surface area (Å²) in [6, 6.07) is 5.43. The maximum atomic E-state index is 13.1. The van der Waals surface area contributed by atoms with Gasteiger partial charge in [0.25, 0.3) is 0 Å². The zero-order valence-corrected chi connectivity index (χ0v) is 15.5. The lowest BCUT2D eigenvalue weighted by atomic mass is 10.0. The van der Waals surface area contributed by atoms with Crippen LogP contribution in [0.15, 0.2) is 41.3 Å². The zero-order chi connectivity index (χ0) is 18.7. The first kappa shape index (κ1) is 18.1. The van der Waals surface area contributed by atoms with Gasteiger partial charge >= 0.3 is 6.03 Å². The third-order valence-electron chi connectivity index (χ3n) is 4.74. The van der Waals surface area contributed by atoms with E-state index in [0.29, 0.717) is 13.1 Å². The van der Waals surface area contributed by atoms with E-state index in [4.69, 9.17) is 4.42 Å². The second-order valence-electron chi connectivity index (χ2n) is 6.73. The van der Waals surface area contributed by atoms with Crippen molar-refractivity contribution >= 4 is 11.9 Å². The van der Waals surface area contributed by atoms with Crippen LogP contribution in [0.25, 0.3) is 0 Å². The molecule has 2 aromatic heterocycles. The van der Waals surface area contributed by atoms with Gasteiger partial charge in [-0.05, 0) is 39.0 Å². The Morgan fingerprint density at radius 3 is 2.81 bits per heavy atom. The number of hydrogen-bond acceptors (Lipinski definition) is 3. The van der Waals surface area contributed by atoms with Gasteiger partial charge in [-0.15, -0.1) is 0 Å². The summed E-state index contributed by atoms with van der Waals surface area (Å²) in [5.41, 5.74) is 1.99. The normalized spacial score (nSPS) is 16.5. The first-order valence-electron chi connectivity index (χ1n) is 9.04. The Kier molecular flexibility index (Phi) is 5.35. The molecule has 0 spiro atoms. The number of furan rings is 1. The van der Waals surface area contributed by atoms with Crippen molar-refractivity contribution in [1.82, 2.24) is 19.7 Å². The van der Waals surface area contributed by atoms with Crippen LogP contribution in [0.1, 0.15) is 38.1 Å². The van der Waals surface area contributed by atoms with Gasteiger partial charge in [0.1, 0.15) is 12.6 Å². The molecule has 140 valence electrons. The van der Waals surface area contributed by atoms with Gasteiger partial charge in [-0.25, -0.2) is 4.79 Å². The summed E-state index contributed by atoms with van der Waals surface area (Å²) in [5.74, 6) is -0.0661. The highest BCUT2D eigenvalue weighted by Gasteiger charge is 2.34. The molecule has 2 aromatic rings. The van der Waals surface area contributed by atoms with Crippen LogP contribution in [0.2, 0.25) is 0 Å². The van der Waals surface area contributed by atoms with Gasteiger partial charge in [0.2, 0.25) is 5.91 Å². The minimum atomic E-state index is -0.212. The van der Waals surface area contributed by atoms with Crippen LogP contribution in [0.5, 0.6) is 0 Å². The van der Waals surface area contributed by atoms with Crippen LogP contribution >= 0.6 is 0 Å². The first-order valence-corrected chi connectivity index (χ1v) is 9.04. The molecule has 1 atom stereocenters. The molecule has 7 heteroatoms. The zero-order valence-electron chi connectivity index (χ0n) is 15.5. The molecule has 0 saturated heterocycles. The molecule has 1 aliphatic heterocycles. The number of rotatable bonds is 5. The molecule has 0 aliphatic carbocycles. The van der Waals surface area contributed by atoms with Crippen molar-refractivity contribution in [3.05, 3.63) is 48.2 Å². The standard InChI is InChI=1S/C19H26N4O3/c1-4-20-19(25)23(14(2)3)12-17(24)22-10-9-21-8-5-6-16(21)18(22)15-7-11-26-13-15/h5-8,11,13-14,18H,4,9-10,12H2,1-3H3,(H,20,25). The number of urea groups is 1. The van der Waals surface area contributed by atoms with E-state index in [1.807, 2.05) is 50.1 Å². The summed E-state index contributed by atoms with van der Waals surface area (Å²) in [4.78, 5) is 28.8. The molecule has 26 heavy (non-hydrogen) atoms. The predicted molar refractivity (Wildman–Crippen MR) is 97.6 cm³/mol. The van der Waals surface area contributed by atoms with Gasteiger partial charge in [0.15, 0.2) is 0 Å². The fraction of sp³-hybridized carbons (Fsp3) is 0.474. The van der Waals surface area contributed by atoms with Crippen molar-refractivity contribution in [3.63, 3.8) is 0 Å². The van der Waals surface area contributed by atoms with Crippen LogP contribution in [0, 0.1) is 0 Å². The summed E-state index contributed by atoms with van der Waals surface area (Å²) < 4.78 is 7.41. The van der Waals surface area contributed by atoms with Crippen LogP contribution < -0.4 is 5.32 Å². The summed E-state index contributed by atoms with van der Waals surface area (Å²) in [6.45, 7) is 7.62. The van der Waals surface area contributed by atoms with E-state index in [1.165, 1.54) is 0 Å². The highest BCUT2D eigenvalue weighted by Crippen LogP contribution is 2.32. The van der Waals surface area contributed by atoms with Gasteiger partial charge < -0.3 is 24.1 Å². The molecule has 1 aliphatic rings. The maximum Gasteiger partial charge on any atom is 0.318 e. The fourth-order valence-corrected chi connectivity index (χ4v) is 3.41. The molecule has 3 heterocycles. The lowest BCUT2D eigenvalue weighted by Crippen LogP contribution is -2.51. The van der Waals surface area contributed by atoms with E-state index >= 15 is 0 Å². The fourth-order valence-electron chi connectivity index (χ4n) is 3.41. The molecule has 0 radical (unpaired) electrons. The quantitative estimate of drug-likeness (QED) is 0.892. The molecule has 0 aromatic carbocycles. The van der Waals surface area contributed by atoms with Crippen molar-refractivity contribution in [2.75, 3.05) is 19.6 Å². The van der Waals surface area contributed by atoms with Crippen molar-refractivity contribution in [3.8, 4) is 0 Å². The molecule has 0 saturated carbocycles. The number of fused-ring (bicyclic) bond motifs is 1. The van der Waals surface area contributed by atoms with E-state index in [1.54, 1.807) is 17.4 Å². The number of nitrogens with one attached hydrogen (secondary N) is 1. The van der Waals surface area contributed by atoms with E-state index in [2.05, 4.69) is 9.88 Å². The van der Waals surface area contributed by atoms with Crippen LogP contribution in [0.4, 0.5) is 4.79 Å². The molecule has 0 fully saturated rings. The SMILES string of the molecule is CCNC(=O)N(CC(=O)N1CCn2cccc2C1c1ccoc1)C(C)C. The number of nitrogens with zero attached hydrogens (tertiary/aromatic N) is 3. The van der Waals surface area contributed by atoms with E-state index in [0.717, 1.165) is 17.8 Å². The summed E-state index contributed by atoms with van der Waals surface area (Å²) >= 11 is 0. The number of hydrogen-bond donors (Lipinski definition) is 1. The Labute approximate surface area is 153 Å². The highest BCUT2D eigenvalue weighted by molar-refractivity contribution is 5.85. The van der Waals surface area contributed by atoms with Crippen molar-refractivity contribution in [1.29, 1.82) is 0 Å². The van der Waals surface area contributed by atoms with Crippen LogP contribution in [-0.4, -0.2) is 52.0 Å². The Hall–Kier alpha value is -2.70. The van der Waals surface area contributed by atoms with E-state index in [9.17, 15) is 9.59 Å². The Morgan fingerprint density at radius 1 is 1.35 bits per heavy atom. The van der Waals surface area contributed by atoms with Crippen LogP contribution in [0.3, 0.4) is 0 Å². The molecule has 1 unspecified atom stereocenters. The molecular weight excluding hydrogens is 332 g/mol.